The molecular formula is C12H18. The molecule has 1 aliphatic carbocycles. The molecule has 1 aliphatic rings. The van der Waals surface area contributed by atoms with E-state index in [1.165, 1.54) is 43.3 Å². The van der Waals surface area contributed by atoms with Crippen LogP contribution in [0.1, 0.15) is 39.0 Å². The predicted octanol–water partition coefficient (Wildman–Crippen LogP) is 4.01. The van der Waals surface area contributed by atoms with E-state index in [4.69, 9.17) is 0 Å². The summed E-state index contributed by atoms with van der Waals surface area (Å²) in [5, 5.41) is 0. The van der Waals surface area contributed by atoms with E-state index in [1.54, 1.807) is 0 Å². The van der Waals surface area contributed by atoms with Crippen molar-refractivity contribution in [1.82, 2.24) is 0 Å². The van der Waals surface area contributed by atoms with Crippen LogP contribution in [0.4, 0.5) is 0 Å². The van der Waals surface area contributed by atoms with E-state index in [0.29, 0.717) is 0 Å². The normalized spacial score (nSPS) is 15.9. The first-order valence-corrected chi connectivity index (χ1v) is 4.79. The van der Waals surface area contributed by atoms with E-state index in [1.807, 2.05) is 0 Å². The minimum atomic E-state index is 1.17. The molecule has 1 rings (SSSR count). The monoisotopic (exact) mass is 162 g/mol. The molecule has 66 valence electrons. The average Bonchev–Trinajstić information content (AvgIpc) is 2.05. The Kier molecular flexibility index (Phi) is 3.86. The fraction of sp³-hybridized carbons (Fsp3) is 0.500. The largest absolute Gasteiger partial charge is 0.100 e. The Bertz CT molecular complexity index is 206. The SMILES string of the molecule is C=C(C)CCCC1=CCCC=C1. The fourth-order valence-electron chi connectivity index (χ4n) is 1.45. The van der Waals surface area contributed by atoms with Gasteiger partial charge in [0.15, 0.2) is 0 Å². The molecule has 0 spiro atoms. The minimum absolute atomic E-state index is 1.17. The summed E-state index contributed by atoms with van der Waals surface area (Å²) in [6, 6.07) is 0. The van der Waals surface area contributed by atoms with Crippen molar-refractivity contribution >= 4 is 0 Å². The first-order valence-electron chi connectivity index (χ1n) is 4.79. The van der Waals surface area contributed by atoms with E-state index in [2.05, 4.69) is 31.7 Å². The van der Waals surface area contributed by atoms with Crippen LogP contribution in [0.25, 0.3) is 0 Å². The topological polar surface area (TPSA) is 0 Å². The molecule has 0 saturated heterocycles. The van der Waals surface area contributed by atoms with Gasteiger partial charge < -0.3 is 0 Å². The highest BCUT2D eigenvalue weighted by atomic mass is 14.0. The van der Waals surface area contributed by atoms with Gasteiger partial charge in [-0.3, -0.25) is 0 Å². The highest BCUT2D eigenvalue weighted by Gasteiger charge is 1.96. The zero-order valence-electron chi connectivity index (χ0n) is 7.97. The summed E-state index contributed by atoms with van der Waals surface area (Å²) < 4.78 is 0. The highest BCUT2D eigenvalue weighted by Crippen LogP contribution is 2.16. The van der Waals surface area contributed by atoms with Crippen LogP contribution < -0.4 is 0 Å². The van der Waals surface area contributed by atoms with Crippen LogP contribution in [-0.2, 0) is 0 Å². The molecule has 0 aromatic carbocycles. The van der Waals surface area contributed by atoms with Gasteiger partial charge in [-0.1, -0.05) is 29.4 Å². The van der Waals surface area contributed by atoms with E-state index in [-0.39, 0.29) is 0 Å². The van der Waals surface area contributed by atoms with E-state index >= 15 is 0 Å². The third kappa shape index (κ3) is 3.56. The van der Waals surface area contributed by atoms with Gasteiger partial charge in [0.25, 0.3) is 0 Å². The zero-order chi connectivity index (χ0) is 8.81. The molecule has 0 radical (unpaired) electrons. The van der Waals surface area contributed by atoms with Crippen molar-refractivity contribution in [3.8, 4) is 0 Å². The van der Waals surface area contributed by atoms with Gasteiger partial charge in [0.05, 0.1) is 0 Å². The number of hydrogen-bond donors (Lipinski definition) is 0. The molecule has 0 unspecified atom stereocenters. The Balaban J connectivity index is 2.18. The van der Waals surface area contributed by atoms with Crippen molar-refractivity contribution in [2.75, 3.05) is 0 Å². The smallest absolute Gasteiger partial charge is 0.0279 e. The summed E-state index contributed by atoms with van der Waals surface area (Å²) in [7, 11) is 0. The molecule has 0 amide bonds. The summed E-state index contributed by atoms with van der Waals surface area (Å²) in [6.07, 6.45) is 13.0. The van der Waals surface area contributed by atoms with Gasteiger partial charge in [-0.05, 0) is 39.0 Å². The predicted molar refractivity (Wildman–Crippen MR) is 55.1 cm³/mol. The molecule has 0 heteroatoms. The van der Waals surface area contributed by atoms with Crippen LogP contribution in [0.3, 0.4) is 0 Å². The second-order valence-electron chi connectivity index (χ2n) is 3.57. The maximum absolute atomic E-state index is 3.90. The second-order valence-corrected chi connectivity index (χ2v) is 3.57. The highest BCUT2D eigenvalue weighted by molar-refractivity contribution is 5.21. The van der Waals surface area contributed by atoms with Crippen molar-refractivity contribution in [2.24, 2.45) is 0 Å². The Morgan fingerprint density at radius 1 is 1.50 bits per heavy atom. The summed E-state index contributed by atoms with van der Waals surface area (Å²) in [5.41, 5.74) is 2.82. The van der Waals surface area contributed by atoms with Gasteiger partial charge >= 0.3 is 0 Å². The zero-order valence-corrected chi connectivity index (χ0v) is 7.97. The Labute approximate surface area is 75.7 Å². The van der Waals surface area contributed by atoms with Crippen molar-refractivity contribution in [3.63, 3.8) is 0 Å². The number of hydrogen-bond acceptors (Lipinski definition) is 0. The van der Waals surface area contributed by atoms with Gasteiger partial charge in [0.2, 0.25) is 0 Å². The summed E-state index contributed by atoms with van der Waals surface area (Å²) in [5.74, 6) is 0. The van der Waals surface area contributed by atoms with Gasteiger partial charge in [0, 0.05) is 0 Å². The molecule has 0 aromatic rings. The van der Waals surface area contributed by atoms with Crippen LogP contribution in [0.15, 0.2) is 36.0 Å². The van der Waals surface area contributed by atoms with Gasteiger partial charge in [0.1, 0.15) is 0 Å². The lowest BCUT2D eigenvalue weighted by atomic mass is 10.0. The molecule has 0 aromatic heterocycles. The van der Waals surface area contributed by atoms with Gasteiger partial charge in [-0.2, -0.15) is 0 Å². The molecule has 0 N–H and O–H groups in total. The Morgan fingerprint density at radius 3 is 2.92 bits per heavy atom. The maximum Gasteiger partial charge on any atom is -0.0279 e. The molecule has 0 nitrogen and oxygen atoms in total. The van der Waals surface area contributed by atoms with Gasteiger partial charge in [-0.15, -0.1) is 6.58 Å². The molecule has 0 saturated carbocycles. The summed E-state index contributed by atoms with van der Waals surface area (Å²) in [4.78, 5) is 0. The third-order valence-electron chi connectivity index (χ3n) is 2.14. The summed E-state index contributed by atoms with van der Waals surface area (Å²) in [6.45, 7) is 6.00. The van der Waals surface area contributed by atoms with Crippen molar-refractivity contribution in [3.05, 3.63) is 36.0 Å². The Hall–Kier alpha value is -0.780. The Morgan fingerprint density at radius 2 is 2.33 bits per heavy atom. The van der Waals surface area contributed by atoms with Gasteiger partial charge in [-0.25, -0.2) is 0 Å². The van der Waals surface area contributed by atoms with Crippen LogP contribution in [0.2, 0.25) is 0 Å². The number of allylic oxidation sites excluding steroid dienone is 5. The van der Waals surface area contributed by atoms with E-state index in [9.17, 15) is 0 Å². The maximum atomic E-state index is 3.90. The lowest BCUT2D eigenvalue weighted by Crippen LogP contribution is -1.86. The van der Waals surface area contributed by atoms with E-state index < -0.39 is 0 Å². The quantitative estimate of drug-likeness (QED) is 0.548. The standard InChI is InChI=1S/C12H18/c1-11(2)7-6-10-12-8-4-3-5-9-12/h4,8-9H,1,3,5-7,10H2,2H3. The molecular weight excluding hydrogens is 144 g/mol. The lowest BCUT2D eigenvalue weighted by molar-refractivity contribution is 0.806. The fourth-order valence-corrected chi connectivity index (χ4v) is 1.45. The van der Waals surface area contributed by atoms with E-state index in [0.717, 1.165) is 0 Å². The van der Waals surface area contributed by atoms with Crippen LogP contribution >= 0.6 is 0 Å². The first kappa shape index (κ1) is 9.31. The van der Waals surface area contributed by atoms with Crippen LogP contribution in [0.5, 0.6) is 0 Å². The molecule has 12 heavy (non-hydrogen) atoms. The van der Waals surface area contributed by atoms with Crippen molar-refractivity contribution in [1.29, 1.82) is 0 Å². The minimum Gasteiger partial charge on any atom is -0.100 e. The average molecular weight is 162 g/mol. The van der Waals surface area contributed by atoms with Crippen molar-refractivity contribution in [2.45, 2.75) is 39.0 Å². The van der Waals surface area contributed by atoms with Crippen molar-refractivity contribution < 1.29 is 0 Å². The molecule has 0 fully saturated rings. The lowest BCUT2D eigenvalue weighted by Gasteiger charge is -2.06. The second kappa shape index (κ2) is 4.97. The molecule has 0 heterocycles. The molecule has 0 atom stereocenters. The molecule has 0 aliphatic heterocycles. The summed E-state index contributed by atoms with van der Waals surface area (Å²) >= 11 is 0. The third-order valence-corrected chi connectivity index (χ3v) is 2.14. The molecule has 0 bridgehead atoms. The van der Waals surface area contributed by atoms with Crippen LogP contribution in [0, 0.1) is 0 Å². The van der Waals surface area contributed by atoms with Crippen LogP contribution in [-0.4, -0.2) is 0 Å². The first-order chi connectivity index (χ1) is 5.79. The number of rotatable bonds is 4.